The summed E-state index contributed by atoms with van der Waals surface area (Å²) in [5, 5.41) is 20.9. The highest BCUT2D eigenvalue weighted by Gasteiger charge is 2.45. The van der Waals surface area contributed by atoms with E-state index in [4.69, 9.17) is 32.8 Å². The number of phosphoric acid groups is 3. The first kappa shape index (κ1) is 36.2. The molecule has 0 bridgehead atoms. The molecule has 3 unspecified atom stereocenters. The number of nitrogens with zero attached hydrogens (tertiary/aromatic N) is 1. The molecular weight excluding hydrogens is 612 g/mol. The second kappa shape index (κ2) is 13.0. The molecule has 0 spiro atoms. The van der Waals surface area contributed by atoms with Gasteiger partial charge in [-0.25, -0.2) is 8.62 Å². The number of quaternary nitrogens is 3. The van der Waals surface area contributed by atoms with Gasteiger partial charge in [-0.3, -0.25) is 23.1 Å². The largest absolute Gasteiger partial charge is 0.756 e. The average Bonchev–Trinajstić information content (AvgIpc) is 2.95. The second-order valence-electron chi connectivity index (χ2n) is 6.72. The fourth-order valence-electron chi connectivity index (χ4n) is 3.03. The summed E-state index contributed by atoms with van der Waals surface area (Å²) in [7, 11) is -17.9. The van der Waals surface area contributed by atoms with Crippen LogP contribution in [0.1, 0.15) is 6.23 Å². The Morgan fingerprint density at radius 1 is 0.973 bits per heavy atom. The number of rotatable bonds is 8. The van der Waals surface area contributed by atoms with Crippen molar-refractivity contribution < 1.29 is 61.4 Å². The van der Waals surface area contributed by atoms with Gasteiger partial charge >= 0.3 is 0 Å². The maximum atomic E-state index is 12.9. The summed E-state index contributed by atoms with van der Waals surface area (Å²) in [5.74, 6) is 0. The zero-order valence-corrected chi connectivity index (χ0v) is 23.4. The maximum Gasteiger partial charge on any atom is 0.280 e. The Morgan fingerprint density at radius 2 is 1.57 bits per heavy atom. The highest BCUT2D eigenvalue weighted by atomic mass is 35.5. The number of fused-ring (bicyclic) bond motifs is 1. The number of phosphoric ester groups is 1. The molecule has 3 rings (SSSR count). The summed E-state index contributed by atoms with van der Waals surface area (Å²) in [4.78, 5) is 54.6. The molecule has 1 saturated heterocycles. The second-order valence-corrected chi connectivity index (χ2v) is 11.8. The summed E-state index contributed by atoms with van der Waals surface area (Å²) >= 11 is 12.0. The Balaban J connectivity index is 0.00000432. The molecule has 7 atom stereocenters. The van der Waals surface area contributed by atoms with Crippen LogP contribution in [0.15, 0.2) is 29.2 Å². The number of pyridine rings is 1. The minimum absolute atomic E-state index is 0. The van der Waals surface area contributed by atoms with Gasteiger partial charge in [-0.1, -0.05) is 29.3 Å². The first-order valence-electron chi connectivity index (χ1n) is 8.75. The molecule has 214 valence electrons. The van der Waals surface area contributed by atoms with Crippen LogP contribution in [-0.2, 0) is 31.6 Å². The molecular formula is C14H25Cl2N4O14P3. The lowest BCUT2D eigenvalue weighted by atomic mass is 10.1. The zero-order valence-electron chi connectivity index (χ0n) is 19.2. The predicted molar refractivity (Wildman–Crippen MR) is 125 cm³/mol. The van der Waals surface area contributed by atoms with Crippen LogP contribution in [0.5, 0.6) is 0 Å². The van der Waals surface area contributed by atoms with Gasteiger partial charge < -0.3 is 57.5 Å². The molecule has 0 saturated carbocycles. The monoisotopic (exact) mass is 636 g/mol. The minimum atomic E-state index is -6.12. The molecule has 0 aliphatic carbocycles. The molecule has 1 aromatic heterocycles. The van der Waals surface area contributed by atoms with E-state index in [1.54, 1.807) is 0 Å². The Morgan fingerprint density at radius 3 is 2.14 bits per heavy atom. The van der Waals surface area contributed by atoms with Gasteiger partial charge in [0.05, 0.1) is 22.0 Å². The van der Waals surface area contributed by atoms with E-state index in [0.29, 0.717) is 5.39 Å². The van der Waals surface area contributed by atoms with Crippen LogP contribution < -0.4 is 38.7 Å². The first-order chi connectivity index (χ1) is 15.5. The molecule has 15 N–H and O–H groups in total. The lowest BCUT2D eigenvalue weighted by molar-refractivity contribution is -0.250. The number of ether oxygens (including phenoxy) is 1. The Bertz CT molecular complexity index is 1310. The number of halogens is 2. The molecule has 18 nitrogen and oxygen atoms in total. The molecule has 2 heterocycles. The molecule has 0 radical (unpaired) electrons. The van der Waals surface area contributed by atoms with Crippen LogP contribution in [0.25, 0.3) is 10.8 Å². The van der Waals surface area contributed by atoms with Crippen molar-refractivity contribution in [1.82, 2.24) is 23.0 Å². The van der Waals surface area contributed by atoms with Crippen LogP contribution in [-0.4, -0.2) is 44.6 Å². The van der Waals surface area contributed by atoms with Gasteiger partial charge in [0.25, 0.3) is 29.0 Å². The smallest absolute Gasteiger partial charge is 0.280 e. The van der Waals surface area contributed by atoms with Gasteiger partial charge in [-0.15, -0.1) is 0 Å². The summed E-state index contributed by atoms with van der Waals surface area (Å²) < 4.78 is 50.3. The fourth-order valence-corrected chi connectivity index (χ4v) is 6.34. The lowest BCUT2D eigenvalue weighted by Gasteiger charge is -2.33. The van der Waals surface area contributed by atoms with Gasteiger partial charge in [0, 0.05) is 6.20 Å². The third kappa shape index (κ3) is 8.58. The van der Waals surface area contributed by atoms with Crippen molar-refractivity contribution in [3.8, 4) is 0 Å². The molecule has 37 heavy (non-hydrogen) atoms. The van der Waals surface area contributed by atoms with Gasteiger partial charge in [0.1, 0.15) is 18.3 Å². The molecule has 23 heteroatoms. The maximum absolute atomic E-state index is 12.9. The molecule has 1 aromatic carbocycles. The summed E-state index contributed by atoms with van der Waals surface area (Å²) in [6, 6.07) is 4.41. The van der Waals surface area contributed by atoms with E-state index in [1.807, 2.05) is 0 Å². The van der Waals surface area contributed by atoms with E-state index in [9.17, 15) is 43.4 Å². The van der Waals surface area contributed by atoms with E-state index >= 15 is 0 Å². The SMILES string of the molecule is O=c1c2c(Cl)c(Cl)ccc2ccn1[C@@H]1O[C@H](COP(=O)([O-])OP(=O)([O-])OP(=O)([O-])O)[C@@H](O)[C@H]1O.[NH4+].[NH4+].[NH4+]. The lowest BCUT2D eigenvalue weighted by Crippen LogP contribution is -2.35. The molecule has 1 aliphatic rings. The van der Waals surface area contributed by atoms with Crippen LogP contribution in [0.3, 0.4) is 0 Å². The number of hydrogen-bond acceptors (Lipinski definition) is 13. The minimum Gasteiger partial charge on any atom is -0.756 e. The van der Waals surface area contributed by atoms with Crippen LogP contribution in [0.2, 0.25) is 10.0 Å². The highest BCUT2D eigenvalue weighted by molar-refractivity contribution is 7.65. The van der Waals surface area contributed by atoms with E-state index < -0.39 is 60.2 Å². The Labute approximate surface area is 217 Å². The van der Waals surface area contributed by atoms with Gasteiger partial charge in [0.2, 0.25) is 0 Å². The van der Waals surface area contributed by atoms with E-state index in [-0.39, 0.29) is 33.9 Å². The summed E-state index contributed by atoms with van der Waals surface area (Å²) in [6.45, 7) is -1.14. The van der Waals surface area contributed by atoms with Crippen molar-refractivity contribution in [2.75, 3.05) is 6.61 Å². The van der Waals surface area contributed by atoms with Crippen molar-refractivity contribution in [2.24, 2.45) is 0 Å². The number of aliphatic hydroxyl groups is 2. The third-order valence-corrected chi connectivity index (χ3v) is 8.90. The highest BCUT2D eigenvalue weighted by Crippen LogP contribution is 2.61. The van der Waals surface area contributed by atoms with Crippen molar-refractivity contribution in [1.29, 1.82) is 0 Å². The van der Waals surface area contributed by atoms with Gasteiger partial charge in [-0.2, -0.15) is 0 Å². The quantitative estimate of drug-likeness (QED) is 0.215. The molecule has 1 fully saturated rings. The summed E-state index contributed by atoms with van der Waals surface area (Å²) in [6.07, 6.45) is -5.61. The molecule has 0 amide bonds. The number of aliphatic hydroxyl groups excluding tert-OH is 2. The molecule has 2 aromatic rings. The van der Waals surface area contributed by atoms with Gasteiger partial charge in [0.15, 0.2) is 6.23 Å². The van der Waals surface area contributed by atoms with Crippen LogP contribution >= 0.6 is 46.7 Å². The third-order valence-electron chi connectivity index (χ3n) is 4.40. The van der Waals surface area contributed by atoms with E-state index in [0.717, 1.165) is 4.57 Å². The normalized spacial score (nSPS) is 26.1. The summed E-state index contributed by atoms with van der Waals surface area (Å²) in [5.41, 5.74) is -0.767. The topological polar surface area (TPSA) is 350 Å². The van der Waals surface area contributed by atoms with Crippen molar-refractivity contribution in [3.63, 3.8) is 0 Å². The van der Waals surface area contributed by atoms with Crippen molar-refractivity contribution >= 4 is 57.4 Å². The Kier molecular flexibility index (Phi) is 12.7. The van der Waals surface area contributed by atoms with Crippen LogP contribution in [0, 0.1) is 0 Å². The number of hydrogen-bond donors (Lipinski definition) is 6. The van der Waals surface area contributed by atoms with E-state index in [1.165, 1.54) is 24.4 Å². The average molecular weight is 637 g/mol. The van der Waals surface area contributed by atoms with Crippen molar-refractivity contribution in [3.05, 3.63) is 44.8 Å². The van der Waals surface area contributed by atoms with Gasteiger partial charge in [-0.05, 0) is 17.5 Å². The first-order valence-corrected chi connectivity index (χ1v) is 13.9. The number of benzene rings is 1. The van der Waals surface area contributed by atoms with E-state index in [2.05, 4.69) is 13.1 Å². The zero-order chi connectivity index (χ0) is 25.6. The van der Waals surface area contributed by atoms with Crippen LogP contribution in [0.4, 0.5) is 0 Å². The standard InChI is InChI=1S/C14H16Cl2NO14P3.3H3N/c15-7-2-1-6-3-4-17(13(20)9(6)10(7)16)14-12(19)11(18)8(29-14)5-28-33(24,25)31-34(26,27)30-32(21,22)23;;;/h1-4,8,11-12,14,18-19H,5H2,(H,24,25)(H,26,27)(H2,21,22,23);3*1H3/t8-,11-,12-,14-;;;/m1.../s1. The van der Waals surface area contributed by atoms with Crippen molar-refractivity contribution in [2.45, 2.75) is 24.5 Å². The predicted octanol–water partition coefficient (Wildman–Crippen LogP) is 0.503. The number of aromatic nitrogens is 1. The Hall–Kier alpha value is -0.820. The molecule has 1 aliphatic heterocycles. The fraction of sp³-hybridized carbons (Fsp3) is 0.357.